The number of amides is 2. The molecule has 0 saturated carbocycles. The Kier molecular flexibility index (Phi) is 9.31. The molecule has 5 nitrogen and oxygen atoms in total. The molecule has 1 saturated heterocycles. The summed E-state index contributed by atoms with van der Waals surface area (Å²) in [4.78, 5) is 28.0. The Balaban J connectivity index is 1.98. The van der Waals surface area contributed by atoms with Gasteiger partial charge in [0.05, 0.1) is 5.56 Å². The molecule has 1 aliphatic heterocycles. The van der Waals surface area contributed by atoms with Crippen LogP contribution in [0.4, 0.5) is 0 Å². The van der Waals surface area contributed by atoms with E-state index in [9.17, 15) is 9.59 Å². The van der Waals surface area contributed by atoms with E-state index in [1.165, 1.54) is 19.3 Å². The van der Waals surface area contributed by atoms with E-state index in [1.54, 1.807) is 17.8 Å². The smallest absolute Gasteiger partial charge is 0.253 e. The lowest BCUT2D eigenvalue weighted by atomic mass is 9.98. The van der Waals surface area contributed by atoms with Crippen molar-refractivity contribution in [2.24, 2.45) is 0 Å². The molecule has 1 atom stereocenters. The highest BCUT2D eigenvalue weighted by molar-refractivity contribution is 9.10. The first-order valence-corrected chi connectivity index (χ1v) is 12.1. The first kappa shape index (κ1) is 23.2. The number of nitrogens with zero attached hydrogens (tertiary/aromatic N) is 1. The third-order valence-electron chi connectivity index (χ3n) is 5.26. The minimum Gasteiger partial charge on any atom is -0.352 e. The van der Waals surface area contributed by atoms with Crippen LogP contribution >= 0.6 is 27.7 Å². The molecule has 1 aromatic carbocycles. The van der Waals surface area contributed by atoms with E-state index < -0.39 is 6.04 Å². The summed E-state index contributed by atoms with van der Waals surface area (Å²) in [5.74, 6) is 0.465. The molecule has 7 heteroatoms. The fraction of sp³-hybridized carbons (Fsp3) is 0.619. The summed E-state index contributed by atoms with van der Waals surface area (Å²) in [6.07, 6.45) is 6.33. The standard InChI is InChI=1S/C21H32BrN3O2S/c1-21(2,25-12-7-4-8-13-25)15-23-20(27)18(11-14-28-3)24-19(26)16-9-5-6-10-17(16)22/h5-6,9-10,18H,4,7-8,11-15H2,1-3H3,(H,23,27)(H,24,26). The van der Waals surface area contributed by atoms with Gasteiger partial charge in [-0.3, -0.25) is 14.5 Å². The largest absolute Gasteiger partial charge is 0.352 e. The van der Waals surface area contributed by atoms with Gasteiger partial charge >= 0.3 is 0 Å². The van der Waals surface area contributed by atoms with E-state index in [4.69, 9.17) is 0 Å². The van der Waals surface area contributed by atoms with E-state index >= 15 is 0 Å². The van der Waals surface area contributed by atoms with Gasteiger partial charge in [-0.1, -0.05) is 18.6 Å². The van der Waals surface area contributed by atoms with Gasteiger partial charge in [0.2, 0.25) is 5.91 Å². The van der Waals surface area contributed by atoms with Crippen LogP contribution in [0.25, 0.3) is 0 Å². The topological polar surface area (TPSA) is 61.4 Å². The highest BCUT2D eigenvalue weighted by atomic mass is 79.9. The van der Waals surface area contributed by atoms with Gasteiger partial charge in [-0.2, -0.15) is 11.8 Å². The second-order valence-electron chi connectivity index (χ2n) is 7.87. The van der Waals surface area contributed by atoms with Crippen LogP contribution in [0.2, 0.25) is 0 Å². The summed E-state index contributed by atoms with van der Waals surface area (Å²) < 4.78 is 0.725. The number of hydrogen-bond acceptors (Lipinski definition) is 4. The van der Waals surface area contributed by atoms with Crippen LogP contribution in [-0.4, -0.2) is 59.9 Å². The molecule has 156 valence electrons. The Morgan fingerprint density at radius 1 is 1.21 bits per heavy atom. The van der Waals surface area contributed by atoms with Crippen molar-refractivity contribution in [3.8, 4) is 0 Å². The maximum atomic E-state index is 12.9. The second kappa shape index (κ2) is 11.2. The van der Waals surface area contributed by atoms with Gasteiger partial charge in [0.1, 0.15) is 6.04 Å². The molecule has 2 amide bonds. The SMILES string of the molecule is CSCCC(NC(=O)c1ccccc1Br)C(=O)NCC(C)(C)N1CCCCC1. The molecule has 1 fully saturated rings. The minimum absolute atomic E-state index is 0.0907. The molecule has 0 aliphatic carbocycles. The minimum atomic E-state index is -0.538. The number of halogens is 1. The van der Waals surface area contributed by atoms with Crippen LogP contribution in [0.15, 0.2) is 28.7 Å². The Hall–Kier alpha value is -1.05. The van der Waals surface area contributed by atoms with Crippen LogP contribution in [0, 0.1) is 0 Å². The van der Waals surface area contributed by atoms with Crippen LogP contribution in [0.3, 0.4) is 0 Å². The highest BCUT2D eigenvalue weighted by Crippen LogP contribution is 2.20. The lowest BCUT2D eigenvalue weighted by molar-refractivity contribution is -0.123. The summed E-state index contributed by atoms with van der Waals surface area (Å²) >= 11 is 5.08. The van der Waals surface area contributed by atoms with Crippen LogP contribution < -0.4 is 10.6 Å². The first-order valence-electron chi connectivity index (χ1n) is 9.92. The number of piperidine rings is 1. The van der Waals surface area contributed by atoms with Gasteiger partial charge in [0.25, 0.3) is 5.91 Å². The molecular formula is C21H32BrN3O2S. The van der Waals surface area contributed by atoms with Crippen molar-refractivity contribution < 1.29 is 9.59 Å². The number of carbonyl (C=O) groups is 2. The van der Waals surface area contributed by atoms with E-state index in [1.807, 2.05) is 24.5 Å². The maximum absolute atomic E-state index is 12.9. The Bertz CT molecular complexity index is 663. The van der Waals surface area contributed by atoms with Crippen LogP contribution in [0.1, 0.15) is 49.9 Å². The molecule has 1 heterocycles. The summed E-state index contributed by atoms with van der Waals surface area (Å²) in [5, 5.41) is 6.00. The number of rotatable bonds is 9. The third-order valence-corrected chi connectivity index (χ3v) is 6.59. The van der Waals surface area contributed by atoms with Crippen molar-refractivity contribution in [1.29, 1.82) is 0 Å². The third kappa shape index (κ3) is 6.78. The second-order valence-corrected chi connectivity index (χ2v) is 9.71. The number of likely N-dealkylation sites (tertiary alicyclic amines) is 1. The predicted molar refractivity (Wildman–Crippen MR) is 121 cm³/mol. The Morgan fingerprint density at radius 3 is 2.54 bits per heavy atom. The van der Waals surface area contributed by atoms with Gasteiger partial charge < -0.3 is 10.6 Å². The summed E-state index contributed by atoms with van der Waals surface area (Å²) in [5.41, 5.74) is 0.449. The number of nitrogens with one attached hydrogen (secondary N) is 2. The van der Waals surface area contributed by atoms with E-state index in [0.717, 1.165) is 23.3 Å². The number of carbonyl (C=O) groups excluding carboxylic acids is 2. The average molecular weight is 470 g/mol. The summed E-state index contributed by atoms with van der Waals surface area (Å²) in [6.45, 7) is 7.09. The van der Waals surface area contributed by atoms with Crippen molar-refractivity contribution in [2.75, 3.05) is 31.6 Å². The lowest BCUT2D eigenvalue weighted by Gasteiger charge is -2.41. The van der Waals surface area contributed by atoms with E-state index in [0.29, 0.717) is 18.5 Å². The molecule has 2 rings (SSSR count). The zero-order valence-electron chi connectivity index (χ0n) is 17.1. The first-order chi connectivity index (χ1) is 13.3. The molecule has 0 radical (unpaired) electrons. The zero-order chi connectivity index (χ0) is 20.6. The average Bonchev–Trinajstić information content (AvgIpc) is 2.70. The maximum Gasteiger partial charge on any atom is 0.253 e. The summed E-state index contributed by atoms with van der Waals surface area (Å²) in [7, 11) is 0. The van der Waals surface area contributed by atoms with Crippen LogP contribution in [-0.2, 0) is 4.79 Å². The molecule has 1 aliphatic rings. The van der Waals surface area contributed by atoms with Crippen molar-refractivity contribution in [2.45, 2.75) is 51.1 Å². The van der Waals surface area contributed by atoms with Gasteiger partial charge in [0.15, 0.2) is 0 Å². The predicted octanol–water partition coefficient (Wildman–Crippen LogP) is 3.68. The monoisotopic (exact) mass is 469 g/mol. The molecule has 28 heavy (non-hydrogen) atoms. The van der Waals surface area contributed by atoms with Crippen molar-refractivity contribution >= 4 is 39.5 Å². The number of thioether (sulfide) groups is 1. The fourth-order valence-electron chi connectivity index (χ4n) is 3.42. The fourth-order valence-corrected chi connectivity index (χ4v) is 4.36. The van der Waals surface area contributed by atoms with Crippen molar-refractivity contribution in [3.05, 3.63) is 34.3 Å². The molecule has 1 unspecified atom stereocenters. The molecule has 0 spiro atoms. The number of hydrogen-bond donors (Lipinski definition) is 2. The van der Waals surface area contributed by atoms with Gasteiger partial charge in [0, 0.05) is 16.6 Å². The highest BCUT2D eigenvalue weighted by Gasteiger charge is 2.30. The van der Waals surface area contributed by atoms with Gasteiger partial charge in [-0.15, -0.1) is 0 Å². The van der Waals surface area contributed by atoms with Crippen molar-refractivity contribution in [3.63, 3.8) is 0 Å². The molecular weight excluding hydrogens is 438 g/mol. The van der Waals surface area contributed by atoms with E-state index in [2.05, 4.69) is 45.3 Å². The lowest BCUT2D eigenvalue weighted by Crippen LogP contribution is -2.56. The summed E-state index contributed by atoms with van der Waals surface area (Å²) in [6, 6.07) is 6.72. The molecule has 0 bridgehead atoms. The normalized spacial score (nSPS) is 16.4. The van der Waals surface area contributed by atoms with E-state index in [-0.39, 0.29) is 17.4 Å². The quantitative estimate of drug-likeness (QED) is 0.578. The zero-order valence-corrected chi connectivity index (χ0v) is 19.5. The Labute approximate surface area is 181 Å². The molecule has 0 aromatic heterocycles. The van der Waals surface area contributed by atoms with Crippen molar-refractivity contribution in [1.82, 2.24) is 15.5 Å². The van der Waals surface area contributed by atoms with Crippen LogP contribution in [0.5, 0.6) is 0 Å². The Morgan fingerprint density at radius 2 is 1.89 bits per heavy atom. The molecule has 2 N–H and O–H groups in total. The number of benzene rings is 1. The van der Waals surface area contributed by atoms with Gasteiger partial charge in [-0.25, -0.2) is 0 Å². The van der Waals surface area contributed by atoms with Gasteiger partial charge in [-0.05, 0) is 86.3 Å². The molecule has 1 aromatic rings.